The molecule has 1 aliphatic rings. The molecule has 2 unspecified atom stereocenters. The van der Waals surface area contributed by atoms with E-state index in [1.807, 2.05) is 19.2 Å². The SMILES string of the molecule is CNC(CC1Cc2ccccc21)c1ccccc1OC. The average molecular weight is 267 g/mol. The van der Waals surface area contributed by atoms with Crippen molar-refractivity contribution in [2.75, 3.05) is 14.2 Å². The molecule has 0 bridgehead atoms. The van der Waals surface area contributed by atoms with Gasteiger partial charge in [0.15, 0.2) is 0 Å². The molecule has 0 aliphatic heterocycles. The summed E-state index contributed by atoms with van der Waals surface area (Å²) in [5, 5.41) is 3.44. The maximum absolute atomic E-state index is 5.49. The largest absolute Gasteiger partial charge is 0.496 e. The number of nitrogens with one attached hydrogen (secondary N) is 1. The summed E-state index contributed by atoms with van der Waals surface area (Å²) in [4.78, 5) is 0. The number of benzene rings is 2. The fourth-order valence-electron chi connectivity index (χ4n) is 3.21. The second-order valence-corrected chi connectivity index (χ2v) is 5.42. The molecule has 0 amide bonds. The lowest BCUT2D eigenvalue weighted by Gasteiger charge is -2.33. The highest BCUT2D eigenvalue weighted by molar-refractivity contribution is 5.41. The molecule has 20 heavy (non-hydrogen) atoms. The molecule has 1 N–H and O–H groups in total. The van der Waals surface area contributed by atoms with Crippen molar-refractivity contribution in [1.82, 2.24) is 5.32 Å². The lowest BCUT2D eigenvalue weighted by atomic mass is 9.73. The summed E-state index contributed by atoms with van der Waals surface area (Å²) >= 11 is 0. The Labute approximate surface area is 120 Å². The van der Waals surface area contributed by atoms with E-state index >= 15 is 0 Å². The predicted octanol–water partition coefficient (Wildman–Crippen LogP) is 3.69. The maximum atomic E-state index is 5.49. The molecule has 0 saturated carbocycles. The van der Waals surface area contributed by atoms with Crippen molar-refractivity contribution in [2.45, 2.75) is 24.8 Å². The Morgan fingerprint density at radius 2 is 1.90 bits per heavy atom. The van der Waals surface area contributed by atoms with Crippen molar-refractivity contribution in [2.24, 2.45) is 0 Å². The Hall–Kier alpha value is -1.80. The summed E-state index contributed by atoms with van der Waals surface area (Å²) in [7, 11) is 3.77. The highest BCUT2D eigenvalue weighted by Gasteiger charge is 2.28. The summed E-state index contributed by atoms with van der Waals surface area (Å²) < 4.78 is 5.49. The summed E-state index contributed by atoms with van der Waals surface area (Å²) in [6.07, 6.45) is 2.32. The van der Waals surface area contributed by atoms with E-state index in [1.165, 1.54) is 23.1 Å². The number of methoxy groups -OCH3 is 1. The van der Waals surface area contributed by atoms with Crippen molar-refractivity contribution >= 4 is 0 Å². The van der Waals surface area contributed by atoms with E-state index in [2.05, 4.69) is 41.7 Å². The molecule has 2 heteroatoms. The lowest BCUT2D eigenvalue weighted by Crippen LogP contribution is -2.25. The first-order valence-corrected chi connectivity index (χ1v) is 7.21. The molecule has 1 aliphatic carbocycles. The van der Waals surface area contributed by atoms with Crippen LogP contribution in [-0.4, -0.2) is 14.2 Å². The van der Waals surface area contributed by atoms with Gasteiger partial charge < -0.3 is 10.1 Å². The smallest absolute Gasteiger partial charge is 0.123 e. The van der Waals surface area contributed by atoms with Gasteiger partial charge in [-0.1, -0.05) is 42.5 Å². The highest BCUT2D eigenvalue weighted by Crippen LogP contribution is 2.41. The maximum Gasteiger partial charge on any atom is 0.123 e. The van der Waals surface area contributed by atoms with E-state index < -0.39 is 0 Å². The van der Waals surface area contributed by atoms with Crippen LogP contribution in [0.15, 0.2) is 48.5 Å². The normalized spacial score (nSPS) is 18.0. The van der Waals surface area contributed by atoms with Crippen molar-refractivity contribution in [1.29, 1.82) is 0 Å². The summed E-state index contributed by atoms with van der Waals surface area (Å²) in [5.41, 5.74) is 4.27. The topological polar surface area (TPSA) is 21.3 Å². The first-order valence-electron chi connectivity index (χ1n) is 7.21. The van der Waals surface area contributed by atoms with Gasteiger partial charge in [0.25, 0.3) is 0 Å². The van der Waals surface area contributed by atoms with E-state index in [0.29, 0.717) is 12.0 Å². The van der Waals surface area contributed by atoms with Crippen LogP contribution in [0.2, 0.25) is 0 Å². The van der Waals surface area contributed by atoms with Crippen LogP contribution in [0.1, 0.15) is 35.1 Å². The molecule has 0 fully saturated rings. The molecule has 2 aromatic carbocycles. The molecule has 0 saturated heterocycles. The van der Waals surface area contributed by atoms with E-state index in [4.69, 9.17) is 4.74 Å². The zero-order valence-electron chi connectivity index (χ0n) is 12.1. The van der Waals surface area contributed by atoms with Crippen LogP contribution in [0, 0.1) is 0 Å². The number of fused-ring (bicyclic) bond motifs is 1. The van der Waals surface area contributed by atoms with Gasteiger partial charge in [-0.25, -0.2) is 0 Å². The van der Waals surface area contributed by atoms with Crippen LogP contribution in [-0.2, 0) is 6.42 Å². The van der Waals surface area contributed by atoms with Crippen molar-refractivity contribution in [3.63, 3.8) is 0 Å². The fraction of sp³-hybridized carbons (Fsp3) is 0.333. The number of ether oxygens (including phenoxy) is 1. The van der Waals surface area contributed by atoms with Gasteiger partial charge in [0.05, 0.1) is 7.11 Å². The quantitative estimate of drug-likeness (QED) is 0.892. The van der Waals surface area contributed by atoms with Gasteiger partial charge in [0, 0.05) is 11.6 Å². The van der Waals surface area contributed by atoms with E-state index in [-0.39, 0.29) is 0 Å². The zero-order chi connectivity index (χ0) is 13.9. The molecule has 2 atom stereocenters. The minimum atomic E-state index is 0.338. The first kappa shape index (κ1) is 13.2. The van der Waals surface area contributed by atoms with Crippen LogP contribution >= 0.6 is 0 Å². The molecule has 0 heterocycles. The summed E-state index contributed by atoms with van der Waals surface area (Å²) in [6, 6.07) is 17.4. The van der Waals surface area contributed by atoms with E-state index in [0.717, 1.165) is 12.2 Å². The monoisotopic (exact) mass is 267 g/mol. The van der Waals surface area contributed by atoms with Crippen LogP contribution in [0.5, 0.6) is 5.75 Å². The number of hydrogen-bond acceptors (Lipinski definition) is 2. The number of hydrogen-bond donors (Lipinski definition) is 1. The van der Waals surface area contributed by atoms with Gasteiger partial charge in [0.2, 0.25) is 0 Å². The van der Waals surface area contributed by atoms with E-state index in [1.54, 1.807) is 7.11 Å². The summed E-state index contributed by atoms with van der Waals surface area (Å²) in [5.74, 6) is 1.63. The minimum absolute atomic E-state index is 0.338. The zero-order valence-corrected chi connectivity index (χ0v) is 12.1. The average Bonchev–Trinajstić information content (AvgIpc) is 2.49. The third-order valence-corrected chi connectivity index (χ3v) is 4.34. The Kier molecular flexibility index (Phi) is 3.75. The highest BCUT2D eigenvalue weighted by atomic mass is 16.5. The molecule has 3 rings (SSSR count). The Morgan fingerprint density at radius 3 is 2.65 bits per heavy atom. The number of para-hydroxylation sites is 1. The van der Waals surface area contributed by atoms with Crippen LogP contribution in [0.25, 0.3) is 0 Å². The van der Waals surface area contributed by atoms with Crippen LogP contribution in [0.4, 0.5) is 0 Å². The van der Waals surface area contributed by atoms with Gasteiger partial charge in [-0.2, -0.15) is 0 Å². The Bertz CT molecular complexity index is 593. The molecular weight excluding hydrogens is 246 g/mol. The van der Waals surface area contributed by atoms with Crippen molar-refractivity contribution in [3.8, 4) is 5.75 Å². The van der Waals surface area contributed by atoms with Crippen molar-refractivity contribution < 1.29 is 4.74 Å². The van der Waals surface area contributed by atoms with Crippen LogP contribution < -0.4 is 10.1 Å². The predicted molar refractivity (Wildman–Crippen MR) is 82.3 cm³/mol. The van der Waals surface area contributed by atoms with Gasteiger partial charge in [-0.15, -0.1) is 0 Å². The second-order valence-electron chi connectivity index (χ2n) is 5.42. The van der Waals surface area contributed by atoms with Gasteiger partial charge >= 0.3 is 0 Å². The van der Waals surface area contributed by atoms with Gasteiger partial charge in [-0.05, 0) is 43.0 Å². The van der Waals surface area contributed by atoms with Crippen LogP contribution in [0.3, 0.4) is 0 Å². The molecule has 2 aromatic rings. The third kappa shape index (κ3) is 2.32. The molecule has 0 aromatic heterocycles. The lowest BCUT2D eigenvalue weighted by molar-refractivity contribution is 0.389. The first-order chi connectivity index (χ1) is 9.83. The molecular formula is C18H21NO. The van der Waals surface area contributed by atoms with Gasteiger partial charge in [-0.3, -0.25) is 0 Å². The van der Waals surface area contributed by atoms with Gasteiger partial charge in [0.1, 0.15) is 5.75 Å². The Morgan fingerprint density at radius 1 is 1.15 bits per heavy atom. The molecule has 104 valence electrons. The fourth-order valence-corrected chi connectivity index (χ4v) is 3.21. The molecule has 0 radical (unpaired) electrons. The second kappa shape index (κ2) is 5.68. The third-order valence-electron chi connectivity index (χ3n) is 4.34. The van der Waals surface area contributed by atoms with E-state index in [9.17, 15) is 0 Å². The van der Waals surface area contributed by atoms with Crippen molar-refractivity contribution in [3.05, 3.63) is 65.2 Å². The Balaban J connectivity index is 1.79. The summed E-state index contributed by atoms with van der Waals surface area (Å²) in [6.45, 7) is 0. The molecule has 2 nitrogen and oxygen atoms in total. The molecule has 0 spiro atoms. The number of rotatable bonds is 5. The standard InChI is InChI=1S/C18H21NO/c1-19-17(16-9-5-6-10-18(16)20-2)12-14-11-13-7-3-4-8-15(13)14/h3-10,14,17,19H,11-12H2,1-2H3. The minimum Gasteiger partial charge on any atom is -0.496 e.